The molecular weight excluding hydrogens is 214 g/mol. The van der Waals surface area contributed by atoms with E-state index in [1.54, 1.807) is 0 Å². The summed E-state index contributed by atoms with van der Waals surface area (Å²) in [7, 11) is 0. The zero-order valence-corrected chi connectivity index (χ0v) is 11.0. The van der Waals surface area contributed by atoms with Crippen molar-refractivity contribution in [3.05, 3.63) is 0 Å². The molecule has 0 heterocycles. The maximum Gasteiger partial charge on any atom is 0.101 e. The Balaban J connectivity index is 2.66. The number of hydrogen-bond acceptors (Lipinski definition) is 3. The molecule has 0 spiro atoms. The van der Waals surface area contributed by atoms with Crippen LogP contribution in [0.3, 0.4) is 0 Å². The van der Waals surface area contributed by atoms with Crippen molar-refractivity contribution in [2.45, 2.75) is 64.3 Å². The fraction of sp³-hybridized carbons (Fsp3) is 0.857. The molecule has 0 amide bonds. The minimum Gasteiger partial charge on any atom is -0.389 e. The van der Waals surface area contributed by atoms with E-state index < -0.39 is 11.5 Å². The number of aliphatic hydroxyl groups excluding tert-OH is 1. The van der Waals surface area contributed by atoms with Crippen LogP contribution in [-0.2, 0) is 4.74 Å². The molecule has 17 heavy (non-hydrogen) atoms. The van der Waals surface area contributed by atoms with Gasteiger partial charge in [0.05, 0.1) is 17.6 Å². The zero-order valence-electron chi connectivity index (χ0n) is 11.0. The zero-order chi connectivity index (χ0) is 12.9. The van der Waals surface area contributed by atoms with Crippen LogP contribution in [0.2, 0.25) is 0 Å². The van der Waals surface area contributed by atoms with Crippen LogP contribution in [0.25, 0.3) is 0 Å². The van der Waals surface area contributed by atoms with Crippen LogP contribution >= 0.6 is 0 Å². The third kappa shape index (κ3) is 3.99. The molecule has 1 aliphatic rings. The predicted octanol–water partition coefficient (Wildman–Crippen LogP) is 1.68. The fourth-order valence-corrected chi connectivity index (χ4v) is 2.36. The highest BCUT2D eigenvalue weighted by atomic mass is 16.5. The Morgan fingerprint density at radius 3 is 2.47 bits per heavy atom. The number of hydrogen-bond donors (Lipinski definition) is 2. The van der Waals surface area contributed by atoms with E-state index in [1.165, 1.54) is 19.3 Å². The maximum absolute atomic E-state index is 9.97. The Morgan fingerprint density at radius 2 is 2.00 bits per heavy atom. The van der Waals surface area contributed by atoms with Gasteiger partial charge in [-0.15, -0.1) is 6.42 Å². The predicted molar refractivity (Wildman–Crippen MR) is 69.4 cm³/mol. The summed E-state index contributed by atoms with van der Waals surface area (Å²) in [5.41, 5.74) is 5.04. The topological polar surface area (TPSA) is 55.5 Å². The van der Waals surface area contributed by atoms with Gasteiger partial charge in [0.1, 0.15) is 6.10 Å². The van der Waals surface area contributed by atoms with Crippen molar-refractivity contribution >= 4 is 0 Å². The molecule has 1 aliphatic carbocycles. The monoisotopic (exact) mass is 239 g/mol. The van der Waals surface area contributed by atoms with Gasteiger partial charge in [0.15, 0.2) is 0 Å². The van der Waals surface area contributed by atoms with Crippen molar-refractivity contribution in [2.75, 3.05) is 6.54 Å². The van der Waals surface area contributed by atoms with Crippen LogP contribution in [0.15, 0.2) is 0 Å². The third-order valence-corrected chi connectivity index (χ3v) is 3.57. The molecule has 0 aromatic rings. The molecule has 0 aromatic heterocycles. The maximum atomic E-state index is 9.97. The van der Waals surface area contributed by atoms with E-state index in [0.29, 0.717) is 0 Å². The summed E-state index contributed by atoms with van der Waals surface area (Å²) in [6.07, 6.45) is 10.5. The minimum atomic E-state index is -0.692. The second kappa shape index (κ2) is 6.39. The number of terminal acetylenes is 1. The van der Waals surface area contributed by atoms with Crippen molar-refractivity contribution in [3.8, 4) is 12.3 Å². The lowest BCUT2D eigenvalue weighted by Gasteiger charge is -2.37. The van der Waals surface area contributed by atoms with Crippen molar-refractivity contribution in [2.24, 2.45) is 11.1 Å². The SMILES string of the molecule is C#CC(C)(C)C(OC1CCCCC1)C(O)CN. The third-order valence-electron chi connectivity index (χ3n) is 3.57. The summed E-state index contributed by atoms with van der Waals surface area (Å²) < 4.78 is 6.03. The highest BCUT2D eigenvalue weighted by molar-refractivity contribution is 5.07. The molecule has 1 rings (SSSR count). The molecule has 0 bridgehead atoms. The molecule has 3 N–H and O–H groups in total. The molecular formula is C14H25NO2. The second-order valence-electron chi connectivity index (χ2n) is 5.49. The van der Waals surface area contributed by atoms with E-state index in [9.17, 15) is 5.11 Å². The first-order chi connectivity index (χ1) is 8.01. The second-order valence-corrected chi connectivity index (χ2v) is 5.49. The van der Waals surface area contributed by atoms with E-state index in [1.807, 2.05) is 13.8 Å². The van der Waals surface area contributed by atoms with Crippen LogP contribution in [0.4, 0.5) is 0 Å². The van der Waals surface area contributed by atoms with Gasteiger partial charge in [-0.25, -0.2) is 0 Å². The van der Waals surface area contributed by atoms with Crippen molar-refractivity contribution in [1.82, 2.24) is 0 Å². The Bertz CT molecular complexity index is 264. The van der Waals surface area contributed by atoms with Crippen LogP contribution in [-0.4, -0.2) is 30.0 Å². The Kier molecular flexibility index (Phi) is 5.45. The van der Waals surface area contributed by atoms with E-state index in [-0.39, 0.29) is 18.8 Å². The number of ether oxygens (including phenoxy) is 1. The van der Waals surface area contributed by atoms with Crippen molar-refractivity contribution in [1.29, 1.82) is 0 Å². The largest absolute Gasteiger partial charge is 0.389 e. The lowest BCUT2D eigenvalue weighted by atomic mass is 9.83. The summed E-state index contributed by atoms with van der Waals surface area (Å²) >= 11 is 0. The summed E-state index contributed by atoms with van der Waals surface area (Å²) in [5, 5.41) is 9.97. The molecule has 1 saturated carbocycles. The standard InChI is InChI=1S/C14H25NO2/c1-4-14(2,3)13(12(16)10-15)17-11-8-6-5-7-9-11/h1,11-13,16H,5-10,15H2,2-3H3. The fourth-order valence-electron chi connectivity index (χ4n) is 2.36. The molecule has 1 fully saturated rings. The molecule has 0 saturated heterocycles. The molecule has 2 unspecified atom stereocenters. The number of aliphatic hydroxyl groups is 1. The van der Waals surface area contributed by atoms with Crippen LogP contribution in [0.5, 0.6) is 0 Å². The molecule has 0 radical (unpaired) electrons. The first-order valence-corrected chi connectivity index (χ1v) is 6.52. The first-order valence-electron chi connectivity index (χ1n) is 6.52. The van der Waals surface area contributed by atoms with E-state index in [2.05, 4.69) is 5.92 Å². The van der Waals surface area contributed by atoms with Crippen molar-refractivity contribution < 1.29 is 9.84 Å². The van der Waals surface area contributed by atoms with E-state index >= 15 is 0 Å². The number of rotatable bonds is 5. The van der Waals surface area contributed by atoms with Gasteiger partial charge in [0.25, 0.3) is 0 Å². The normalized spacial score (nSPS) is 21.8. The smallest absolute Gasteiger partial charge is 0.101 e. The van der Waals surface area contributed by atoms with Gasteiger partial charge in [0, 0.05) is 6.54 Å². The minimum absolute atomic E-state index is 0.183. The lowest BCUT2D eigenvalue weighted by Crippen LogP contribution is -2.46. The van der Waals surface area contributed by atoms with Crippen LogP contribution in [0, 0.1) is 17.8 Å². The molecule has 0 aliphatic heterocycles. The molecule has 98 valence electrons. The Labute approximate surface area is 105 Å². The summed E-state index contributed by atoms with van der Waals surface area (Å²) in [6.45, 7) is 4.02. The van der Waals surface area contributed by atoms with Crippen LogP contribution in [0.1, 0.15) is 46.0 Å². The van der Waals surface area contributed by atoms with Gasteiger partial charge in [0.2, 0.25) is 0 Å². The van der Waals surface area contributed by atoms with Gasteiger partial charge < -0.3 is 15.6 Å². The molecule has 3 nitrogen and oxygen atoms in total. The quantitative estimate of drug-likeness (QED) is 0.718. The van der Waals surface area contributed by atoms with Crippen molar-refractivity contribution in [3.63, 3.8) is 0 Å². The summed E-state index contributed by atoms with van der Waals surface area (Å²) in [4.78, 5) is 0. The van der Waals surface area contributed by atoms with Gasteiger partial charge in [-0.2, -0.15) is 0 Å². The van der Waals surface area contributed by atoms with Crippen LogP contribution < -0.4 is 5.73 Å². The average Bonchev–Trinajstić information content (AvgIpc) is 2.36. The Hall–Kier alpha value is -0.560. The highest BCUT2D eigenvalue weighted by Crippen LogP contribution is 2.30. The molecule has 3 heteroatoms. The summed E-state index contributed by atoms with van der Waals surface area (Å²) in [5.74, 6) is 2.71. The molecule has 2 atom stereocenters. The van der Waals surface area contributed by atoms with E-state index in [0.717, 1.165) is 12.8 Å². The van der Waals surface area contributed by atoms with Gasteiger partial charge in [-0.3, -0.25) is 0 Å². The average molecular weight is 239 g/mol. The highest BCUT2D eigenvalue weighted by Gasteiger charge is 2.36. The first kappa shape index (κ1) is 14.5. The number of nitrogens with two attached hydrogens (primary N) is 1. The van der Waals surface area contributed by atoms with Gasteiger partial charge >= 0.3 is 0 Å². The van der Waals surface area contributed by atoms with Gasteiger partial charge in [-0.1, -0.05) is 25.2 Å². The Morgan fingerprint density at radius 1 is 1.41 bits per heavy atom. The van der Waals surface area contributed by atoms with Gasteiger partial charge in [-0.05, 0) is 26.7 Å². The molecule has 0 aromatic carbocycles. The van der Waals surface area contributed by atoms with E-state index in [4.69, 9.17) is 16.9 Å². The lowest BCUT2D eigenvalue weighted by molar-refractivity contribution is -0.119. The summed E-state index contributed by atoms with van der Waals surface area (Å²) in [6, 6.07) is 0.